The minimum Gasteiger partial charge on any atom is -0.450 e. The normalized spacial score (nSPS) is 15.0. The first-order valence-electron chi connectivity index (χ1n) is 9.79. The highest BCUT2D eigenvalue weighted by Gasteiger charge is 2.23. The van der Waals surface area contributed by atoms with Crippen molar-refractivity contribution in [1.82, 2.24) is 10.2 Å². The summed E-state index contributed by atoms with van der Waals surface area (Å²) in [5, 5.41) is 3.25. The topological polar surface area (TPSA) is 89.2 Å². The van der Waals surface area contributed by atoms with Gasteiger partial charge in [0.15, 0.2) is 5.96 Å². The van der Waals surface area contributed by atoms with Crippen LogP contribution in [0.1, 0.15) is 38.2 Å². The second-order valence-electron chi connectivity index (χ2n) is 6.62. The van der Waals surface area contributed by atoms with Crippen LogP contribution in [-0.4, -0.2) is 55.8 Å². The summed E-state index contributed by atoms with van der Waals surface area (Å²) in [4.78, 5) is 17.8. The second kappa shape index (κ2) is 14.4. The number of rotatable bonds is 9. The monoisotopic (exact) mass is 504 g/mol. The Labute approximate surface area is 185 Å². The van der Waals surface area contributed by atoms with Crippen molar-refractivity contribution in [2.24, 2.45) is 10.7 Å². The van der Waals surface area contributed by atoms with Crippen LogP contribution in [0.15, 0.2) is 35.3 Å². The highest BCUT2D eigenvalue weighted by atomic mass is 127. The van der Waals surface area contributed by atoms with Crippen LogP contribution in [0.4, 0.5) is 4.79 Å². The van der Waals surface area contributed by atoms with Crippen LogP contribution in [0.25, 0.3) is 0 Å². The molecule has 3 N–H and O–H groups in total. The van der Waals surface area contributed by atoms with Gasteiger partial charge in [-0.2, -0.15) is 0 Å². The number of nitrogens with one attached hydrogen (secondary N) is 1. The minimum atomic E-state index is -0.230. The van der Waals surface area contributed by atoms with E-state index < -0.39 is 0 Å². The number of carbonyl (C=O) groups excluding carboxylic acids is 1. The van der Waals surface area contributed by atoms with Crippen molar-refractivity contribution in [3.63, 3.8) is 0 Å². The zero-order chi connectivity index (χ0) is 19.3. The number of unbranched alkanes of at least 4 members (excludes halogenated alkanes) is 1. The Bertz CT molecular complexity index is 578. The summed E-state index contributed by atoms with van der Waals surface area (Å²) >= 11 is 0. The molecule has 0 bridgehead atoms. The van der Waals surface area contributed by atoms with E-state index in [0.717, 1.165) is 32.3 Å². The van der Waals surface area contributed by atoms with Crippen molar-refractivity contribution in [3.05, 3.63) is 35.9 Å². The number of benzene rings is 1. The third kappa shape index (κ3) is 9.59. The molecular weight excluding hydrogens is 471 g/mol. The Morgan fingerprint density at radius 3 is 2.64 bits per heavy atom. The van der Waals surface area contributed by atoms with Gasteiger partial charge in [-0.3, -0.25) is 4.99 Å². The van der Waals surface area contributed by atoms with E-state index in [2.05, 4.69) is 22.4 Å². The summed E-state index contributed by atoms with van der Waals surface area (Å²) in [7, 11) is 0. The van der Waals surface area contributed by atoms with E-state index in [1.807, 2.05) is 25.1 Å². The minimum absolute atomic E-state index is 0. The maximum atomic E-state index is 11.7. The Kier molecular flexibility index (Phi) is 12.6. The van der Waals surface area contributed by atoms with E-state index in [9.17, 15) is 4.79 Å². The van der Waals surface area contributed by atoms with Crippen molar-refractivity contribution < 1.29 is 14.3 Å². The van der Waals surface area contributed by atoms with Crippen molar-refractivity contribution >= 4 is 36.0 Å². The number of hydrogen-bond acceptors (Lipinski definition) is 4. The molecular formula is C20H33IN4O3. The van der Waals surface area contributed by atoms with Crippen molar-refractivity contribution in [1.29, 1.82) is 0 Å². The molecule has 0 radical (unpaired) electrons. The first kappa shape index (κ1) is 24.5. The van der Waals surface area contributed by atoms with Gasteiger partial charge in [0.2, 0.25) is 0 Å². The van der Waals surface area contributed by atoms with Crippen LogP contribution in [0.2, 0.25) is 0 Å². The highest BCUT2D eigenvalue weighted by Crippen LogP contribution is 2.11. The molecule has 7 nitrogen and oxygen atoms in total. The molecule has 28 heavy (non-hydrogen) atoms. The molecule has 0 atom stereocenters. The van der Waals surface area contributed by atoms with Crippen LogP contribution in [0.5, 0.6) is 0 Å². The summed E-state index contributed by atoms with van der Waals surface area (Å²) in [5.74, 6) is 0.481. The summed E-state index contributed by atoms with van der Waals surface area (Å²) < 4.78 is 10.7. The number of amides is 1. The van der Waals surface area contributed by atoms with Crippen molar-refractivity contribution in [2.75, 3.05) is 32.8 Å². The average molecular weight is 504 g/mol. The van der Waals surface area contributed by atoms with E-state index in [1.54, 1.807) is 4.90 Å². The van der Waals surface area contributed by atoms with E-state index >= 15 is 0 Å². The molecule has 1 aromatic carbocycles. The molecule has 0 aromatic heterocycles. The molecule has 8 heteroatoms. The van der Waals surface area contributed by atoms with E-state index in [4.69, 9.17) is 15.2 Å². The fourth-order valence-electron chi connectivity index (χ4n) is 2.96. The fourth-order valence-corrected chi connectivity index (χ4v) is 2.96. The van der Waals surface area contributed by atoms with Crippen LogP contribution in [0.3, 0.4) is 0 Å². The van der Waals surface area contributed by atoms with Gasteiger partial charge in [-0.05, 0) is 38.2 Å². The number of halogens is 1. The number of guanidine groups is 1. The maximum absolute atomic E-state index is 11.7. The largest absolute Gasteiger partial charge is 0.450 e. The quantitative estimate of drug-likeness (QED) is 0.234. The van der Waals surface area contributed by atoms with Gasteiger partial charge in [-0.15, -0.1) is 24.0 Å². The summed E-state index contributed by atoms with van der Waals surface area (Å²) in [5.41, 5.74) is 7.16. The molecule has 1 aromatic rings. The number of likely N-dealkylation sites (tertiary alicyclic amines) is 1. The number of piperidine rings is 1. The number of carbonyl (C=O) groups is 1. The molecule has 1 fully saturated rings. The Hall–Kier alpha value is -1.55. The molecule has 0 spiro atoms. The summed E-state index contributed by atoms with van der Waals surface area (Å²) in [6.45, 7) is 5.66. The molecule has 1 aliphatic rings. The first-order chi connectivity index (χ1) is 13.2. The molecule has 1 aliphatic heterocycles. The Balaban J connectivity index is 0.00000392. The SMILES string of the molecule is CCOC(=O)N1CCC(NC(N)=NCCCCOCc2ccccc2)CC1.I. The standard InChI is InChI=1S/C20H32N4O3.HI/c1-2-27-20(25)24-13-10-18(11-14-24)23-19(21)22-12-6-7-15-26-16-17-8-4-3-5-9-17;/h3-5,8-9,18H,2,6-7,10-16H2,1H3,(H3,21,22,23);1H. The van der Waals surface area contributed by atoms with Gasteiger partial charge in [0.25, 0.3) is 0 Å². The van der Waals surface area contributed by atoms with Gasteiger partial charge in [0.05, 0.1) is 13.2 Å². The lowest BCUT2D eigenvalue weighted by Crippen LogP contribution is -2.48. The first-order valence-corrected chi connectivity index (χ1v) is 9.79. The molecule has 1 saturated heterocycles. The number of ether oxygens (including phenoxy) is 2. The number of hydrogen-bond donors (Lipinski definition) is 2. The molecule has 158 valence electrons. The predicted octanol–water partition coefficient (Wildman–Crippen LogP) is 3.13. The van der Waals surface area contributed by atoms with Crippen LogP contribution in [0, 0.1) is 0 Å². The molecule has 0 aliphatic carbocycles. The van der Waals surface area contributed by atoms with E-state index in [-0.39, 0.29) is 36.1 Å². The average Bonchev–Trinajstić information content (AvgIpc) is 2.69. The van der Waals surface area contributed by atoms with Crippen LogP contribution >= 0.6 is 24.0 Å². The van der Waals surface area contributed by atoms with Crippen molar-refractivity contribution in [3.8, 4) is 0 Å². The van der Waals surface area contributed by atoms with Gasteiger partial charge >= 0.3 is 6.09 Å². The maximum Gasteiger partial charge on any atom is 0.409 e. The van der Waals surface area contributed by atoms with Crippen LogP contribution in [-0.2, 0) is 16.1 Å². The smallest absolute Gasteiger partial charge is 0.409 e. The fraction of sp³-hybridized carbons (Fsp3) is 0.600. The third-order valence-electron chi connectivity index (χ3n) is 4.46. The molecule has 1 heterocycles. The Morgan fingerprint density at radius 1 is 1.25 bits per heavy atom. The second-order valence-corrected chi connectivity index (χ2v) is 6.62. The molecule has 2 rings (SSSR count). The highest BCUT2D eigenvalue weighted by molar-refractivity contribution is 14.0. The van der Waals surface area contributed by atoms with Gasteiger partial charge in [0, 0.05) is 32.3 Å². The zero-order valence-electron chi connectivity index (χ0n) is 16.6. The van der Waals surface area contributed by atoms with Gasteiger partial charge in [-0.25, -0.2) is 4.79 Å². The number of aliphatic imine (C=N–C) groups is 1. The molecule has 0 unspecified atom stereocenters. The van der Waals surface area contributed by atoms with Gasteiger partial charge in [-0.1, -0.05) is 30.3 Å². The third-order valence-corrected chi connectivity index (χ3v) is 4.46. The Morgan fingerprint density at radius 2 is 1.96 bits per heavy atom. The van der Waals surface area contributed by atoms with Gasteiger partial charge < -0.3 is 25.4 Å². The predicted molar refractivity (Wildman–Crippen MR) is 122 cm³/mol. The molecule has 0 saturated carbocycles. The van der Waals surface area contributed by atoms with E-state index in [1.165, 1.54) is 5.56 Å². The number of nitrogens with zero attached hydrogens (tertiary/aromatic N) is 2. The zero-order valence-corrected chi connectivity index (χ0v) is 19.0. The lowest BCUT2D eigenvalue weighted by atomic mass is 10.1. The number of nitrogens with two attached hydrogens (primary N) is 1. The molecule has 1 amide bonds. The lowest BCUT2D eigenvalue weighted by molar-refractivity contribution is 0.0963. The van der Waals surface area contributed by atoms with Gasteiger partial charge in [0.1, 0.15) is 0 Å². The van der Waals surface area contributed by atoms with Crippen molar-refractivity contribution in [2.45, 2.75) is 45.3 Å². The summed E-state index contributed by atoms with van der Waals surface area (Å²) in [6.07, 6.45) is 3.37. The lowest BCUT2D eigenvalue weighted by Gasteiger charge is -2.31. The summed E-state index contributed by atoms with van der Waals surface area (Å²) in [6, 6.07) is 10.4. The van der Waals surface area contributed by atoms with E-state index in [0.29, 0.717) is 38.8 Å². The van der Waals surface area contributed by atoms with Crippen LogP contribution < -0.4 is 11.1 Å².